The first kappa shape index (κ1) is 19.7. The van der Waals surface area contributed by atoms with Gasteiger partial charge in [0.15, 0.2) is 11.5 Å². The summed E-state index contributed by atoms with van der Waals surface area (Å²) in [5.41, 5.74) is 1.73. The van der Waals surface area contributed by atoms with Gasteiger partial charge in [-0.2, -0.15) is 0 Å². The van der Waals surface area contributed by atoms with E-state index in [4.69, 9.17) is 14.2 Å². The summed E-state index contributed by atoms with van der Waals surface area (Å²) in [6, 6.07) is 4.46. The number of carbonyl (C=O) groups excluding carboxylic acids is 1. The molecular weight excluding hydrogens is 354 g/mol. The molecule has 3 aliphatic rings. The maximum atomic E-state index is 12.8. The zero-order valence-electron chi connectivity index (χ0n) is 17.8. The molecule has 4 rings (SSSR count). The fraction of sp³-hybridized carbons (Fsp3) is 0.696. The van der Waals surface area contributed by atoms with Crippen LogP contribution in [0.25, 0.3) is 0 Å². The van der Waals surface area contributed by atoms with Crippen LogP contribution in [0.3, 0.4) is 0 Å². The lowest BCUT2D eigenvalue weighted by atomic mass is 9.49. The molecule has 0 unspecified atom stereocenters. The lowest BCUT2D eigenvalue weighted by Crippen LogP contribution is -2.74. The molecule has 3 atom stereocenters. The van der Waals surface area contributed by atoms with Crippen molar-refractivity contribution < 1.29 is 19.0 Å². The first-order valence-corrected chi connectivity index (χ1v) is 10.5. The Morgan fingerprint density at radius 1 is 1.18 bits per heavy atom. The Balaban J connectivity index is 1.96. The van der Waals surface area contributed by atoms with E-state index in [0.717, 1.165) is 49.4 Å². The number of rotatable bonds is 5. The number of methoxy groups -OCH3 is 3. The van der Waals surface area contributed by atoms with Crippen molar-refractivity contribution in [2.24, 2.45) is 5.92 Å². The molecule has 0 radical (unpaired) electrons. The minimum absolute atomic E-state index is 0.285. The number of fused-ring (bicyclic) bond motifs is 1. The van der Waals surface area contributed by atoms with Gasteiger partial charge in [-0.3, -0.25) is 9.69 Å². The zero-order valence-corrected chi connectivity index (χ0v) is 17.8. The predicted octanol–water partition coefficient (Wildman–Crippen LogP) is 3.37. The number of ether oxygens (including phenoxy) is 3. The molecule has 0 amide bonds. The van der Waals surface area contributed by atoms with Crippen molar-refractivity contribution >= 4 is 5.78 Å². The fourth-order valence-corrected chi connectivity index (χ4v) is 6.42. The van der Waals surface area contributed by atoms with Crippen LogP contribution in [-0.2, 0) is 21.4 Å². The van der Waals surface area contributed by atoms with Crippen molar-refractivity contribution in [3.8, 4) is 11.5 Å². The van der Waals surface area contributed by atoms with E-state index < -0.39 is 0 Å². The normalized spacial score (nSPS) is 32.1. The molecule has 1 saturated heterocycles. The Bertz CT molecular complexity index is 776. The number of hydrogen-bond donors (Lipinski definition) is 0. The van der Waals surface area contributed by atoms with E-state index in [1.165, 1.54) is 5.56 Å². The lowest BCUT2D eigenvalue weighted by Gasteiger charge is -2.65. The van der Waals surface area contributed by atoms with E-state index in [0.29, 0.717) is 24.5 Å². The van der Waals surface area contributed by atoms with E-state index in [1.807, 2.05) is 13.2 Å². The number of piperidine rings is 1. The molecular formula is C23H33NO4. The maximum absolute atomic E-state index is 12.8. The summed E-state index contributed by atoms with van der Waals surface area (Å²) < 4.78 is 17.9. The van der Waals surface area contributed by atoms with Crippen LogP contribution < -0.4 is 9.47 Å². The van der Waals surface area contributed by atoms with E-state index in [1.54, 1.807) is 14.2 Å². The molecule has 1 aromatic carbocycles. The topological polar surface area (TPSA) is 48.0 Å². The number of carbonyl (C=O) groups is 1. The van der Waals surface area contributed by atoms with Crippen LogP contribution in [0.1, 0.15) is 50.7 Å². The Morgan fingerprint density at radius 3 is 2.61 bits per heavy atom. The van der Waals surface area contributed by atoms with Gasteiger partial charge in [0.2, 0.25) is 0 Å². The molecule has 1 aromatic rings. The first-order valence-electron chi connectivity index (χ1n) is 10.5. The summed E-state index contributed by atoms with van der Waals surface area (Å²) in [5, 5.41) is 0. The molecule has 5 nitrogen and oxygen atoms in total. The summed E-state index contributed by atoms with van der Waals surface area (Å²) in [7, 11) is 5.22. The second-order valence-electron chi connectivity index (χ2n) is 9.09. The highest BCUT2D eigenvalue weighted by Gasteiger charge is 2.66. The Hall–Kier alpha value is -1.59. The van der Waals surface area contributed by atoms with Gasteiger partial charge in [0, 0.05) is 43.5 Å². The monoisotopic (exact) mass is 387 g/mol. The largest absolute Gasteiger partial charge is 0.493 e. The van der Waals surface area contributed by atoms with Gasteiger partial charge >= 0.3 is 0 Å². The molecule has 2 bridgehead atoms. The molecule has 0 N–H and O–H groups in total. The fourth-order valence-electron chi connectivity index (χ4n) is 6.42. The standard InChI is InChI=1S/C23H33NO4/c1-15(2)14-24-11-10-22-13-17(25)8-9-23(22,28-5)19(24)12-16-6-7-18(26-3)21(27-4)20(16)22/h6-7,15,19H,8-14H2,1-5H3/t19-,22-,23-/m1/s1. The summed E-state index contributed by atoms with van der Waals surface area (Å²) in [5.74, 6) is 2.45. The second kappa shape index (κ2) is 7.03. The van der Waals surface area contributed by atoms with Crippen molar-refractivity contribution in [1.29, 1.82) is 0 Å². The maximum Gasteiger partial charge on any atom is 0.164 e. The van der Waals surface area contributed by atoms with Crippen molar-refractivity contribution in [3.05, 3.63) is 23.3 Å². The molecule has 5 heteroatoms. The quantitative estimate of drug-likeness (QED) is 0.775. The molecule has 0 aromatic heterocycles. The third-order valence-corrected chi connectivity index (χ3v) is 7.38. The van der Waals surface area contributed by atoms with Gasteiger partial charge < -0.3 is 14.2 Å². The predicted molar refractivity (Wildman–Crippen MR) is 108 cm³/mol. The smallest absolute Gasteiger partial charge is 0.164 e. The minimum Gasteiger partial charge on any atom is -0.493 e. The number of nitrogens with zero attached hydrogens (tertiary/aromatic N) is 1. The van der Waals surface area contributed by atoms with Crippen LogP contribution in [0.4, 0.5) is 0 Å². The van der Waals surface area contributed by atoms with Crippen LogP contribution in [0.2, 0.25) is 0 Å². The van der Waals surface area contributed by atoms with Gasteiger partial charge in [-0.25, -0.2) is 0 Å². The average molecular weight is 388 g/mol. The SMILES string of the molecule is COc1ccc2c(c1OC)[C@]13CCN(CC(C)C)[C@H](C2)[C@]1(OC)CCC(=O)C3. The number of ketones is 1. The third-order valence-electron chi connectivity index (χ3n) is 7.38. The Labute approximate surface area is 168 Å². The minimum atomic E-state index is -0.360. The molecule has 1 aliphatic heterocycles. The van der Waals surface area contributed by atoms with E-state index in [9.17, 15) is 4.79 Å². The van der Waals surface area contributed by atoms with Gasteiger partial charge in [0.25, 0.3) is 0 Å². The highest BCUT2D eigenvalue weighted by Crippen LogP contribution is 2.62. The van der Waals surface area contributed by atoms with Crippen molar-refractivity contribution in [2.75, 3.05) is 34.4 Å². The number of benzene rings is 1. The Kier molecular flexibility index (Phi) is 4.95. The number of hydrogen-bond acceptors (Lipinski definition) is 5. The van der Waals surface area contributed by atoms with Crippen LogP contribution in [0.15, 0.2) is 12.1 Å². The molecule has 1 heterocycles. The molecule has 28 heavy (non-hydrogen) atoms. The molecule has 1 saturated carbocycles. The van der Waals surface area contributed by atoms with E-state index >= 15 is 0 Å². The molecule has 2 aliphatic carbocycles. The van der Waals surface area contributed by atoms with Crippen LogP contribution in [-0.4, -0.2) is 56.7 Å². The average Bonchev–Trinajstić information content (AvgIpc) is 2.68. The van der Waals surface area contributed by atoms with Gasteiger partial charge in [0.1, 0.15) is 5.78 Å². The molecule has 2 fully saturated rings. The van der Waals surface area contributed by atoms with Crippen molar-refractivity contribution in [2.45, 2.75) is 63.0 Å². The van der Waals surface area contributed by atoms with Gasteiger partial charge in [0.05, 0.1) is 19.8 Å². The summed E-state index contributed by atoms with van der Waals surface area (Å²) in [6.45, 7) is 6.59. The summed E-state index contributed by atoms with van der Waals surface area (Å²) in [6.07, 6.45) is 3.74. The first-order chi connectivity index (χ1) is 13.4. The van der Waals surface area contributed by atoms with Crippen molar-refractivity contribution in [3.63, 3.8) is 0 Å². The number of Topliss-reactive ketones (excluding diaryl/α,β-unsaturated/α-hetero) is 1. The third kappa shape index (κ3) is 2.55. The molecule has 0 spiro atoms. The zero-order chi connectivity index (χ0) is 20.1. The second-order valence-corrected chi connectivity index (χ2v) is 9.09. The van der Waals surface area contributed by atoms with Crippen molar-refractivity contribution in [1.82, 2.24) is 4.90 Å². The van der Waals surface area contributed by atoms with Gasteiger partial charge in [-0.15, -0.1) is 0 Å². The van der Waals surface area contributed by atoms with Gasteiger partial charge in [-0.1, -0.05) is 19.9 Å². The highest BCUT2D eigenvalue weighted by atomic mass is 16.5. The lowest BCUT2D eigenvalue weighted by molar-refractivity contribution is -0.188. The van der Waals surface area contributed by atoms with Crippen LogP contribution in [0, 0.1) is 5.92 Å². The van der Waals surface area contributed by atoms with E-state index in [-0.39, 0.29) is 17.1 Å². The summed E-state index contributed by atoms with van der Waals surface area (Å²) >= 11 is 0. The van der Waals surface area contributed by atoms with E-state index in [2.05, 4.69) is 24.8 Å². The number of likely N-dealkylation sites (tertiary alicyclic amines) is 1. The highest BCUT2D eigenvalue weighted by molar-refractivity contribution is 5.83. The van der Waals surface area contributed by atoms with Crippen LogP contribution >= 0.6 is 0 Å². The summed E-state index contributed by atoms with van der Waals surface area (Å²) in [4.78, 5) is 15.4. The Morgan fingerprint density at radius 2 is 1.96 bits per heavy atom. The van der Waals surface area contributed by atoms with Crippen LogP contribution in [0.5, 0.6) is 11.5 Å². The van der Waals surface area contributed by atoms with Gasteiger partial charge in [-0.05, 0) is 43.4 Å². The molecule has 154 valence electrons.